The first-order valence-corrected chi connectivity index (χ1v) is 10.4. The molecule has 1 fully saturated rings. The number of carbonyl (C=O) groups is 1. The number of aliphatic hydroxyl groups is 1. The highest BCUT2D eigenvalue weighted by Crippen LogP contribution is 2.42. The Hall–Kier alpha value is -2.62. The maximum Gasteiger partial charge on any atom is 0.255 e. The lowest BCUT2D eigenvalue weighted by Crippen LogP contribution is -2.46. The van der Waals surface area contributed by atoms with Gasteiger partial charge in [-0.05, 0) is 42.0 Å². The number of likely N-dealkylation sites (tertiary alicyclic amines) is 1. The van der Waals surface area contributed by atoms with Gasteiger partial charge in [0.15, 0.2) is 0 Å². The van der Waals surface area contributed by atoms with Crippen molar-refractivity contribution >= 4 is 17.5 Å². The maximum absolute atomic E-state index is 12.9. The van der Waals surface area contributed by atoms with Crippen LogP contribution in [-0.2, 0) is 5.60 Å². The topological polar surface area (TPSA) is 40.5 Å². The van der Waals surface area contributed by atoms with Crippen molar-refractivity contribution < 1.29 is 9.90 Å². The van der Waals surface area contributed by atoms with Crippen molar-refractivity contribution in [2.24, 2.45) is 5.92 Å². The lowest BCUT2D eigenvalue weighted by atomic mass is 9.72. The zero-order valence-corrected chi connectivity index (χ0v) is 16.9. The summed E-state index contributed by atoms with van der Waals surface area (Å²) in [5.41, 5.74) is 1.24. The van der Waals surface area contributed by atoms with Gasteiger partial charge in [-0.1, -0.05) is 84.4 Å². The fourth-order valence-corrected chi connectivity index (χ4v) is 4.54. The number of hydrogen-bond donors (Lipinski definition) is 1. The molecular formula is C25H24ClNO2. The van der Waals surface area contributed by atoms with Crippen LogP contribution < -0.4 is 0 Å². The molecule has 4 rings (SSSR count). The van der Waals surface area contributed by atoms with Crippen LogP contribution in [0.25, 0.3) is 0 Å². The molecule has 0 aromatic heterocycles. The standard InChI is InChI=1S/C25H24ClNO2/c26-23-14-8-7-13-22(23)24(28)27-17-15-21(16-18-27)25(29,19-9-3-1-4-10-19)20-11-5-2-6-12-20/h1-14,21,29H,15-18H2. The third kappa shape index (κ3) is 3.81. The first-order valence-electron chi connectivity index (χ1n) is 9.98. The summed E-state index contributed by atoms with van der Waals surface area (Å²) in [6.07, 6.45) is 1.44. The first kappa shape index (κ1) is 19.7. The molecule has 4 heteroatoms. The Balaban J connectivity index is 1.58. The molecule has 3 aromatic rings. The van der Waals surface area contributed by atoms with E-state index in [-0.39, 0.29) is 11.8 Å². The third-order valence-corrected chi connectivity index (χ3v) is 6.23. The number of piperidine rings is 1. The second-order valence-corrected chi connectivity index (χ2v) is 7.95. The van der Waals surface area contributed by atoms with Crippen molar-refractivity contribution in [3.05, 3.63) is 107 Å². The van der Waals surface area contributed by atoms with Gasteiger partial charge in [0.05, 0.1) is 10.6 Å². The molecule has 1 saturated heterocycles. The van der Waals surface area contributed by atoms with E-state index in [0.29, 0.717) is 23.7 Å². The monoisotopic (exact) mass is 405 g/mol. The Morgan fingerprint density at radius 2 is 1.31 bits per heavy atom. The molecule has 29 heavy (non-hydrogen) atoms. The molecule has 3 aromatic carbocycles. The van der Waals surface area contributed by atoms with Crippen molar-refractivity contribution in [2.45, 2.75) is 18.4 Å². The Morgan fingerprint density at radius 1 is 0.828 bits per heavy atom. The number of nitrogens with zero attached hydrogens (tertiary/aromatic N) is 1. The summed E-state index contributed by atoms with van der Waals surface area (Å²) in [6.45, 7) is 1.19. The fraction of sp³-hybridized carbons (Fsp3) is 0.240. The SMILES string of the molecule is O=C(c1ccccc1Cl)N1CCC(C(O)(c2ccccc2)c2ccccc2)CC1. The van der Waals surface area contributed by atoms with Crippen molar-refractivity contribution in [1.82, 2.24) is 4.90 Å². The Morgan fingerprint density at radius 3 is 1.83 bits per heavy atom. The van der Waals surface area contributed by atoms with E-state index in [1.54, 1.807) is 12.1 Å². The minimum Gasteiger partial charge on any atom is -0.380 e. The van der Waals surface area contributed by atoms with E-state index in [9.17, 15) is 9.90 Å². The summed E-state index contributed by atoms with van der Waals surface area (Å²) in [7, 11) is 0. The van der Waals surface area contributed by atoms with Crippen LogP contribution in [0.4, 0.5) is 0 Å². The number of rotatable bonds is 4. The minimum atomic E-state index is -1.08. The Bertz CT molecular complexity index is 927. The largest absolute Gasteiger partial charge is 0.380 e. The van der Waals surface area contributed by atoms with E-state index in [1.807, 2.05) is 77.7 Å². The van der Waals surface area contributed by atoms with Crippen molar-refractivity contribution in [3.63, 3.8) is 0 Å². The number of hydrogen-bond acceptors (Lipinski definition) is 2. The molecule has 1 amide bonds. The molecule has 0 aliphatic carbocycles. The van der Waals surface area contributed by atoms with E-state index >= 15 is 0 Å². The van der Waals surface area contributed by atoms with Gasteiger partial charge in [0.2, 0.25) is 0 Å². The average Bonchev–Trinajstić information content (AvgIpc) is 2.80. The van der Waals surface area contributed by atoms with Gasteiger partial charge in [0.25, 0.3) is 5.91 Å². The van der Waals surface area contributed by atoms with Crippen LogP contribution in [-0.4, -0.2) is 29.0 Å². The molecule has 0 spiro atoms. The van der Waals surface area contributed by atoms with Gasteiger partial charge in [-0.25, -0.2) is 0 Å². The lowest BCUT2D eigenvalue weighted by Gasteiger charge is -2.42. The van der Waals surface area contributed by atoms with Crippen LogP contribution in [0.3, 0.4) is 0 Å². The van der Waals surface area contributed by atoms with E-state index < -0.39 is 5.60 Å². The van der Waals surface area contributed by atoms with Gasteiger partial charge in [0, 0.05) is 13.1 Å². The highest BCUT2D eigenvalue weighted by molar-refractivity contribution is 6.33. The average molecular weight is 406 g/mol. The van der Waals surface area contributed by atoms with E-state index in [0.717, 1.165) is 24.0 Å². The summed E-state index contributed by atoms with van der Waals surface area (Å²) in [5, 5.41) is 12.4. The molecule has 148 valence electrons. The quantitative estimate of drug-likeness (QED) is 0.653. The molecule has 0 atom stereocenters. The summed E-state index contributed by atoms with van der Waals surface area (Å²) in [6, 6.07) is 26.8. The van der Waals surface area contributed by atoms with E-state index in [4.69, 9.17) is 11.6 Å². The molecule has 0 unspecified atom stereocenters. The molecule has 3 nitrogen and oxygen atoms in total. The molecule has 1 heterocycles. The number of benzene rings is 3. The van der Waals surface area contributed by atoms with Crippen LogP contribution in [0.15, 0.2) is 84.9 Å². The van der Waals surface area contributed by atoms with Gasteiger partial charge < -0.3 is 10.0 Å². The molecule has 0 bridgehead atoms. The number of halogens is 1. The molecule has 0 radical (unpaired) electrons. The van der Waals surface area contributed by atoms with Gasteiger partial charge in [-0.2, -0.15) is 0 Å². The number of carbonyl (C=O) groups excluding carboxylic acids is 1. The van der Waals surface area contributed by atoms with Crippen LogP contribution in [0, 0.1) is 5.92 Å². The van der Waals surface area contributed by atoms with Crippen LogP contribution in [0.5, 0.6) is 0 Å². The Labute approximate surface area is 176 Å². The summed E-state index contributed by atoms with van der Waals surface area (Å²) in [4.78, 5) is 14.7. The third-order valence-electron chi connectivity index (χ3n) is 5.91. The fourth-order valence-electron chi connectivity index (χ4n) is 4.33. The van der Waals surface area contributed by atoms with Crippen LogP contribution in [0.2, 0.25) is 5.02 Å². The zero-order valence-electron chi connectivity index (χ0n) is 16.2. The highest BCUT2D eigenvalue weighted by atomic mass is 35.5. The van der Waals surface area contributed by atoms with Gasteiger partial charge in [-0.15, -0.1) is 0 Å². The minimum absolute atomic E-state index is 0.0163. The maximum atomic E-state index is 12.9. The summed E-state index contributed by atoms with van der Waals surface area (Å²) >= 11 is 6.21. The van der Waals surface area contributed by atoms with E-state index in [1.165, 1.54) is 0 Å². The highest BCUT2D eigenvalue weighted by Gasteiger charge is 2.42. The van der Waals surface area contributed by atoms with Gasteiger partial charge in [-0.3, -0.25) is 4.79 Å². The molecule has 1 aliphatic rings. The van der Waals surface area contributed by atoms with Gasteiger partial charge in [0.1, 0.15) is 5.60 Å². The molecule has 1 N–H and O–H groups in total. The van der Waals surface area contributed by atoms with Crippen molar-refractivity contribution in [2.75, 3.05) is 13.1 Å². The summed E-state index contributed by atoms with van der Waals surface area (Å²) < 4.78 is 0. The first-order chi connectivity index (χ1) is 14.1. The van der Waals surface area contributed by atoms with Crippen LogP contribution >= 0.6 is 11.6 Å². The second kappa shape index (κ2) is 8.40. The Kier molecular flexibility index (Phi) is 5.70. The van der Waals surface area contributed by atoms with Crippen LogP contribution in [0.1, 0.15) is 34.3 Å². The van der Waals surface area contributed by atoms with Crippen molar-refractivity contribution in [3.8, 4) is 0 Å². The van der Waals surface area contributed by atoms with Gasteiger partial charge >= 0.3 is 0 Å². The lowest BCUT2D eigenvalue weighted by molar-refractivity contribution is -0.0122. The molecule has 0 saturated carbocycles. The predicted octanol–water partition coefficient (Wildman–Crippen LogP) is 5.13. The van der Waals surface area contributed by atoms with Crippen molar-refractivity contribution in [1.29, 1.82) is 0 Å². The van der Waals surface area contributed by atoms with E-state index in [2.05, 4.69) is 0 Å². The second-order valence-electron chi connectivity index (χ2n) is 7.54. The summed E-state index contributed by atoms with van der Waals surface area (Å²) in [5.74, 6) is -0.0281. The zero-order chi connectivity index (χ0) is 20.3. The predicted molar refractivity (Wildman–Crippen MR) is 116 cm³/mol. The number of amides is 1. The smallest absolute Gasteiger partial charge is 0.255 e. The molecular weight excluding hydrogens is 382 g/mol. The molecule has 1 aliphatic heterocycles. The normalized spacial score (nSPS) is 15.3.